The highest BCUT2D eigenvalue weighted by Crippen LogP contribution is 2.47. The molecule has 3 aromatic rings. The molecule has 1 aliphatic carbocycles. The van der Waals surface area contributed by atoms with Crippen molar-refractivity contribution in [1.29, 1.82) is 0 Å². The van der Waals surface area contributed by atoms with E-state index in [0.717, 1.165) is 83.2 Å². The van der Waals surface area contributed by atoms with Gasteiger partial charge in [0.1, 0.15) is 12.4 Å². The number of aryl methyl sites for hydroxylation is 2. The number of benzene rings is 2. The van der Waals surface area contributed by atoms with Crippen LogP contribution >= 0.6 is 11.3 Å². The Labute approximate surface area is 250 Å². The minimum Gasteiger partial charge on any atom is -0.488 e. The molecule has 1 N–H and O–H groups in total. The van der Waals surface area contributed by atoms with Gasteiger partial charge in [0.25, 0.3) is 10.8 Å². The number of nitrogens with zero attached hydrogens (tertiary/aromatic N) is 4. The maximum atomic E-state index is 13.0. The number of aliphatic hydroxyl groups is 1. The van der Waals surface area contributed by atoms with Crippen molar-refractivity contribution in [3.8, 4) is 17.0 Å². The van der Waals surface area contributed by atoms with E-state index in [1.165, 1.54) is 13.5 Å². The van der Waals surface area contributed by atoms with E-state index < -0.39 is 5.72 Å². The number of hydrogen-bond donors (Lipinski definition) is 1. The Hall–Kier alpha value is -3.50. The molecule has 1 aromatic heterocycles. The predicted octanol–water partition coefficient (Wildman–Crippen LogP) is 5.51. The lowest BCUT2D eigenvalue weighted by Gasteiger charge is -2.36. The van der Waals surface area contributed by atoms with E-state index in [0.29, 0.717) is 24.6 Å². The smallest absolute Gasteiger partial charge is 0.375 e. The Balaban J connectivity index is 1.16. The van der Waals surface area contributed by atoms with Crippen LogP contribution in [0.5, 0.6) is 5.75 Å². The van der Waals surface area contributed by atoms with Crippen LogP contribution in [0.2, 0.25) is 0 Å². The van der Waals surface area contributed by atoms with Gasteiger partial charge in [0.2, 0.25) is 0 Å². The third-order valence-corrected chi connectivity index (χ3v) is 10.1. The van der Waals surface area contributed by atoms with E-state index in [1.54, 1.807) is 11.3 Å². The van der Waals surface area contributed by atoms with Gasteiger partial charge in [-0.05, 0) is 81.3 Å². The molecule has 3 aliphatic rings. The molecule has 2 atom stereocenters. The first-order chi connectivity index (χ1) is 20.3. The Morgan fingerprint density at radius 3 is 2.52 bits per heavy atom. The van der Waals surface area contributed by atoms with Gasteiger partial charge in [-0.15, -0.1) is 11.3 Å². The third-order valence-electron chi connectivity index (χ3n) is 9.19. The standard InChI is InChI=1S/C32H39N4O5S/c1-21-7-12-29(41-19-24-9-8-23(16-22(24)2)30(37)34-13-5-4-6-14-34)27(15-21)28-20-42-31(33-28)35-17-25-10-11-26(18-35)32(25,38)36(39)40-3/h7-9,12,15-16,20,25-26,38H,4-6,10-11,13-14,17-19H2,1-3H3/q+1. The average molecular weight is 592 g/mol. The summed E-state index contributed by atoms with van der Waals surface area (Å²) in [4.78, 5) is 39.7. The number of hydrogen-bond acceptors (Lipinski definition) is 8. The highest BCUT2D eigenvalue weighted by Gasteiger charge is 2.66. The molecule has 3 heterocycles. The first-order valence-corrected chi connectivity index (χ1v) is 15.7. The molecule has 1 saturated carbocycles. The summed E-state index contributed by atoms with van der Waals surface area (Å²) in [6.07, 6.45) is 4.91. The fourth-order valence-electron chi connectivity index (χ4n) is 6.75. The molecule has 2 aromatic carbocycles. The van der Waals surface area contributed by atoms with Crippen LogP contribution in [0.15, 0.2) is 41.8 Å². The summed E-state index contributed by atoms with van der Waals surface area (Å²) in [5, 5.41) is 14.1. The van der Waals surface area contributed by atoms with Crippen LogP contribution in [0.4, 0.5) is 5.13 Å². The zero-order valence-corrected chi connectivity index (χ0v) is 25.4. The zero-order valence-electron chi connectivity index (χ0n) is 24.5. The molecule has 222 valence electrons. The van der Waals surface area contributed by atoms with Gasteiger partial charge in [0.15, 0.2) is 12.2 Å². The van der Waals surface area contributed by atoms with Crippen molar-refractivity contribution in [2.75, 3.05) is 38.2 Å². The van der Waals surface area contributed by atoms with Gasteiger partial charge >= 0.3 is 5.72 Å². The zero-order chi connectivity index (χ0) is 29.4. The van der Waals surface area contributed by atoms with Gasteiger partial charge in [-0.3, -0.25) is 4.79 Å². The van der Waals surface area contributed by atoms with Crippen LogP contribution in [0.25, 0.3) is 11.3 Å². The van der Waals surface area contributed by atoms with Crippen LogP contribution < -0.4 is 9.64 Å². The molecule has 1 amide bonds. The number of thiazole rings is 1. The topological polar surface area (TPSA) is 95.2 Å². The van der Waals surface area contributed by atoms with Crippen LogP contribution in [-0.2, 0) is 11.4 Å². The second kappa shape index (κ2) is 11.6. The number of amides is 1. The molecule has 9 nitrogen and oxygen atoms in total. The summed E-state index contributed by atoms with van der Waals surface area (Å²) < 4.78 is 6.36. The molecular formula is C32H39N4O5S+. The molecule has 2 aliphatic heterocycles. The molecule has 42 heavy (non-hydrogen) atoms. The maximum Gasteiger partial charge on any atom is 0.375 e. The van der Waals surface area contributed by atoms with Crippen LogP contribution in [0.3, 0.4) is 0 Å². The van der Waals surface area contributed by atoms with E-state index in [4.69, 9.17) is 14.6 Å². The van der Waals surface area contributed by atoms with Crippen LogP contribution in [0, 0.1) is 30.6 Å². The largest absolute Gasteiger partial charge is 0.488 e. The lowest BCUT2D eigenvalue weighted by Crippen LogP contribution is -2.59. The second-order valence-electron chi connectivity index (χ2n) is 11.9. The van der Waals surface area contributed by atoms with Crippen molar-refractivity contribution >= 4 is 22.4 Å². The SMILES string of the molecule is CO[N+](=O)C1(O)C2CCC1CN(c1nc(-c3cc(C)ccc3OCc3ccc(C(=O)N4CCCCC4)cc3C)cs1)C2. The van der Waals surface area contributed by atoms with Crippen LogP contribution in [0.1, 0.15) is 59.2 Å². The summed E-state index contributed by atoms with van der Waals surface area (Å²) >= 11 is 1.56. The van der Waals surface area contributed by atoms with Gasteiger partial charge in [-0.2, -0.15) is 0 Å². The number of anilines is 1. The minimum absolute atomic E-state index is 0.112. The number of rotatable bonds is 8. The van der Waals surface area contributed by atoms with Gasteiger partial charge < -0.3 is 19.6 Å². The highest BCUT2D eigenvalue weighted by molar-refractivity contribution is 7.14. The number of ether oxygens (including phenoxy) is 1. The summed E-state index contributed by atoms with van der Waals surface area (Å²) in [6, 6.07) is 12.0. The van der Waals surface area contributed by atoms with Crippen molar-refractivity contribution in [3.63, 3.8) is 0 Å². The number of aromatic nitrogens is 1. The summed E-state index contributed by atoms with van der Waals surface area (Å²) in [7, 11) is 1.30. The molecule has 0 radical (unpaired) electrons. The van der Waals surface area contributed by atoms with Gasteiger partial charge in [0, 0.05) is 42.7 Å². The Morgan fingerprint density at radius 2 is 1.83 bits per heavy atom. The summed E-state index contributed by atoms with van der Waals surface area (Å²) in [5.41, 5.74) is 4.19. The normalized spacial score (nSPS) is 23.6. The molecule has 2 unspecified atom stereocenters. The fourth-order valence-corrected chi connectivity index (χ4v) is 7.59. The number of carbonyl (C=O) groups is 1. The Kier molecular flexibility index (Phi) is 7.93. The van der Waals surface area contributed by atoms with Crippen molar-refractivity contribution in [2.45, 2.75) is 58.3 Å². The monoisotopic (exact) mass is 591 g/mol. The average Bonchev–Trinajstić information content (AvgIpc) is 3.54. The third kappa shape index (κ3) is 5.26. The summed E-state index contributed by atoms with van der Waals surface area (Å²) in [6.45, 7) is 7.24. The molecular weight excluding hydrogens is 552 g/mol. The van der Waals surface area contributed by atoms with E-state index in [-0.39, 0.29) is 17.7 Å². The molecule has 2 bridgehead atoms. The van der Waals surface area contributed by atoms with Crippen molar-refractivity contribution < 1.29 is 24.4 Å². The first kappa shape index (κ1) is 28.6. The quantitative estimate of drug-likeness (QED) is 0.273. The van der Waals surface area contributed by atoms with Gasteiger partial charge in [-0.25, -0.2) is 9.82 Å². The van der Waals surface area contributed by atoms with Crippen molar-refractivity contribution in [2.24, 2.45) is 11.8 Å². The molecule has 10 heteroatoms. The number of piperidine rings is 2. The molecule has 0 spiro atoms. The predicted molar refractivity (Wildman–Crippen MR) is 162 cm³/mol. The lowest BCUT2D eigenvalue weighted by molar-refractivity contribution is -0.881. The van der Waals surface area contributed by atoms with Gasteiger partial charge in [0.05, 0.1) is 22.4 Å². The lowest BCUT2D eigenvalue weighted by atomic mass is 9.88. The molecule has 2 saturated heterocycles. The highest BCUT2D eigenvalue weighted by atomic mass is 32.1. The molecule has 3 fully saturated rings. The van der Waals surface area contributed by atoms with E-state index >= 15 is 0 Å². The van der Waals surface area contributed by atoms with Gasteiger partial charge in [-0.1, -0.05) is 17.7 Å². The minimum atomic E-state index is -1.49. The van der Waals surface area contributed by atoms with Crippen molar-refractivity contribution in [1.82, 2.24) is 9.88 Å². The Morgan fingerprint density at radius 1 is 1.10 bits per heavy atom. The second-order valence-corrected chi connectivity index (χ2v) is 12.7. The summed E-state index contributed by atoms with van der Waals surface area (Å²) in [5.74, 6) is 0.453. The maximum absolute atomic E-state index is 13.0. The van der Waals surface area contributed by atoms with Crippen molar-refractivity contribution in [3.05, 3.63) is 68.9 Å². The number of fused-ring (bicyclic) bond motifs is 2. The number of carbonyl (C=O) groups excluding carboxylic acids is 1. The first-order valence-electron chi connectivity index (χ1n) is 14.8. The van der Waals surface area contributed by atoms with E-state index in [1.807, 2.05) is 47.5 Å². The molecule has 6 rings (SSSR count). The fraction of sp³-hybridized carbons (Fsp3) is 0.500. The van der Waals surface area contributed by atoms with Crippen LogP contribution in [-0.4, -0.2) is 64.8 Å². The number of likely N-dealkylation sites (tertiary alicyclic amines) is 1. The van der Waals surface area contributed by atoms with E-state index in [2.05, 4.69) is 17.9 Å². The Bertz CT molecular complexity index is 1470. The van der Waals surface area contributed by atoms with E-state index in [9.17, 15) is 14.8 Å².